The van der Waals surface area contributed by atoms with E-state index >= 15 is 0 Å². The fraction of sp³-hybridized carbons (Fsp3) is 0.476. The van der Waals surface area contributed by atoms with Gasteiger partial charge in [0.15, 0.2) is 0 Å². The van der Waals surface area contributed by atoms with E-state index in [1.165, 1.54) is 22.4 Å². The number of nitrogens with zero attached hydrogens (tertiary/aromatic N) is 2. The van der Waals surface area contributed by atoms with Gasteiger partial charge in [0.25, 0.3) is 11.8 Å². The summed E-state index contributed by atoms with van der Waals surface area (Å²) in [7, 11) is 1.67. The molecule has 0 spiro atoms. The van der Waals surface area contributed by atoms with Crippen LogP contribution in [0, 0.1) is 5.92 Å². The molecule has 28 heavy (non-hydrogen) atoms. The van der Waals surface area contributed by atoms with Crippen molar-refractivity contribution in [3.8, 4) is 0 Å². The van der Waals surface area contributed by atoms with E-state index in [9.17, 15) is 14.4 Å². The van der Waals surface area contributed by atoms with E-state index in [0.29, 0.717) is 6.54 Å². The molecule has 6 nitrogen and oxygen atoms in total. The fourth-order valence-electron chi connectivity index (χ4n) is 2.93. The third-order valence-corrected chi connectivity index (χ3v) is 5.48. The Balaban J connectivity index is 2.41. The number of pyridine rings is 1. The molecule has 2 aromatic rings. The number of carbonyl (C=O) groups excluding carboxylic acids is 2. The van der Waals surface area contributed by atoms with Gasteiger partial charge in [-0.15, -0.1) is 11.3 Å². The van der Waals surface area contributed by atoms with Crippen LogP contribution in [-0.4, -0.2) is 34.9 Å². The molecule has 0 aromatic carbocycles. The second kappa shape index (κ2) is 9.19. The molecule has 0 aliphatic rings. The van der Waals surface area contributed by atoms with Crippen molar-refractivity contribution in [1.29, 1.82) is 0 Å². The Bertz CT molecular complexity index is 885. The fourth-order valence-corrected chi connectivity index (χ4v) is 3.66. The molecule has 0 aliphatic heterocycles. The Labute approximate surface area is 170 Å². The van der Waals surface area contributed by atoms with Crippen molar-refractivity contribution >= 4 is 23.2 Å². The summed E-state index contributed by atoms with van der Waals surface area (Å²) in [4.78, 5) is 41.2. The molecule has 152 valence electrons. The molecular formula is C21H29N3O3S. The molecule has 0 aliphatic carbocycles. The van der Waals surface area contributed by atoms with E-state index in [4.69, 9.17) is 0 Å². The molecule has 7 heteroatoms. The van der Waals surface area contributed by atoms with Crippen molar-refractivity contribution in [1.82, 2.24) is 14.8 Å². The quantitative estimate of drug-likeness (QED) is 0.766. The van der Waals surface area contributed by atoms with Crippen molar-refractivity contribution in [2.45, 2.75) is 46.7 Å². The van der Waals surface area contributed by atoms with E-state index in [1.807, 2.05) is 52.1 Å². The lowest BCUT2D eigenvalue weighted by atomic mass is 10.1. The second-order valence-corrected chi connectivity index (χ2v) is 8.72. The van der Waals surface area contributed by atoms with Gasteiger partial charge in [-0.2, -0.15) is 0 Å². The zero-order chi connectivity index (χ0) is 21.0. The lowest BCUT2D eigenvalue weighted by molar-refractivity contribution is 0.0777. The van der Waals surface area contributed by atoms with Crippen LogP contribution in [0.15, 0.2) is 34.7 Å². The van der Waals surface area contributed by atoms with E-state index in [1.54, 1.807) is 17.8 Å². The number of nitrogens with one attached hydrogen (secondary N) is 1. The molecule has 1 N–H and O–H groups in total. The maximum absolute atomic E-state index is 13.0. The molecule has 0 bridgehead atoms. The van der Waals surface area contributed by atoms with Gasteiger partial charge in [0.2, 0.25) is 5.43 Å². The summed E-state index contributed by atoms with van der Waals surface area (Å²) in [6.07, 6.45) is 3.08. The lowest BCUT2D eigenvalue weighted by Crippen LogP contribution is -2.38. The number of hydrogen-bond acceptors (Lipinski definition) is 4. The van der Waals surface area contributed by atoms with Gasteiger partial charge >= 0.3 is 0 Å². The van der Waals surface area contributed by atoms with Gasteiger partial charge < -0.3 is 14.8 Å². The van der Waals surface area contributed by atoms with Gasteiger partial charge in [-0.3, -0.25) is 14.4 Å². The van der Waals surface area contributed by atoms with E-state index in [-0.39, 0.29) is 35.0 Å². The number of amides is 2. The van der Waals surface area contributed by atoms with Crippen LogP contribution in [0.25, 0.3) is 0 Å². The molecule has 1 unspecified atom stereocenters. The van der Waals surface area contributed by atoms with Crippen molar-refractivity contribution in [3.05, 3.63) is 56.1 Å². The molecule has 0 radical (unpaired) electrons. The molecule has 2 heterocycles. The van der Waals surface area contributed by atoms with Gasteiger partial charge in [-0.1, -0.05) is 19.9 Å². The van der Waals surface area contributed by atoms with Crippen molar-refractivity contribution in [3.63, 3.8) is 0 Å². The normalized spacial score (nSPS) is 12.3. The zero-order valence-electron chi connectivity index (χ0n) is 17.4. The van der Waals surface area contributed by atoms with Crippen LogP contribution in [-0.2, 0) is 0 Å². The third-order valence-electron chi connectivity index (χ3n) is 4.42. The van der Waals surface area contributed by atoms with Crippen molar-refractivity contribution in [2.24, 2.45) is 5.92 Å². The Morgan fingerprint density at radius 2 is 1.79 bits per heavy atom. The highest BCUT2D eigenvalue weighted by Gasteiger charge is 2.23. The smallest absolute Gasteiger partial charge is 0.259 e. The van der Waals surface area contributed by atoms with Crippen LogP contribution in [0.4, 0.5) is 0 Å². The Hall–Kier alpha value is -2.41. The van der Waals surface area contributed by atoms with Gasteiger partial charge in [-0.05, 0) is 38.1 Å². The monoisotopic (exact) mass is 403 g/mol. The SMILES string of the molecule is CC(C)CN(C)C(=O)c1cn(C(C)C)cc(C(=O)NC(C)c2cccs2)c1=O. The van der Waals surface area contributed by atoms with Gasteiger partial charge in [0.05, 0.1) is 6.04 Å². The predicted octanol–water partition coefficient (Wildman–Crippen LogP) is 3.71. The van der Waals surface area contributed by atoms with Crippen LogP contribution in [0.2, 0.25) is 0 Å². The first-order valence-corrected chi connectivity index (χ1v) is 10.3. The largest absolute Gasteiger partial charge is 0.350 e. The summed E-state index contributed by atoms with van der Waals surface area (Å²) < 4.78 is 1.74. The highest BCUT2D eigenvalue weighted by Crippen LogP contribution is 2.18. The van der Waals surface area contributed by atoms with Gasteiger partial charge in [0.1, 0.15) is 11.1 Å². The number of rotatable bonds is 7. The molecule has 0 saturated carbocycles. The minimum Gasteiger partial charge on any atom is -0.350 e. The van der Waals surface area contributed by atoms with Gasteiger partial charge in [0, 0.05) is 36.9 Å². The summed E-state index contributed by atoms with van der Waals surface area (Å²) in [6, 6.07) is 3.63. The highest BCUT2D eigenvalue weighted by molar-refractivity contribution is 7.10. The minimum atomic E-state index is -0.534. The summed E-state index contributed by atoms with van der Waals surface area (Å²) in [5.74, 6) is -0.560. The van der Waals surface area contributed by atoms with E-state index < -0.39 is 11.3 Å². The molecule has 0 fully saturated rings. The van der Waals surface area contributed by atoms with Crippen LogP contribution >= 0.6 is 11.3 Å². The lowest BCUT2D eigenvalue weighted by Gasteiger charge is -2.21. The first-order chi connectivity index (χ1) is 13.1. The van der Waals surface area contributed by atoms with Crippen LogP contribution in [0.1, 0.15) is 72.3 Å². The number of carbonyl (C=O) groups is 2. The summed E-state index contributed by atoms with van der Waals surface area (Å²) >= 11 is 1.54. The summed E-state index contributed by atoms with van der Waals surface area (Å²) in [5, 5.41) is 4.80. The predicted molar refractivity (Wildman–Crippen MR) is 113 cm³/mol. The summed E-state index contributed by atoms with van der Waals surface area (Å²) in [6.45, 7) is 10.3. The third kappa shape index (κ3) is 5.10. The average Bonchev–Trinajstić information content (AvgIpc) is 3.15. The first-order valence-electron chi connectivity index (χ1n) is 9.47. The highest BCUT2D eigenvalue weighted by atomic mass is 32.1. The number of thiophene rings is 1. The molecule has 0 saturated heterocycles. The van der Waals surface area contributed by atoms with Crippen molar-refractivity contribution < 1.29 is 9.59 Å². The first kappa shape index (κ1) is 21.9. The second-order valence-electron chi connectivity index (χ2n) is 7.75. The van der Waals surface area contributed by atoms with Gasteiger partial charge in [-0.25, -0.2) is 0 Å². The van der Waals surface area contributed by atoms with E-state index in [0.717, 1.165) is 4.88 Å². The molecular weight excluding hydrogens is 374 g/mol. The van der Waals surface area contributed by atoms with Crippen molar-refractivity contribution in [2.75, 3.05) is 13.6 Å². The molecule has 1 atom stereocenters. The van der Waals surface area contributed by atoms with Crippen LogP contribution in [0.5, 0.6) is 0 Å². The maximum Gasteiger partial charge on any atom is 0.259 e. The molecule has 2 amide bonds. The maximum atomic E-state index is 13.0. The Morgan fingerprint density at radius 1 is 1.14 bits per heavy atom. The number of aromatic nitrogens is 1. The Morgan fingerprint density at radius 3 is 2.32 bits per heavy atom. The summed E-state index contributed by atoms with van der Waals surface area (Å²) in [5.41, 5.74) is -0.525. The molecule has 2 aromatic heterocycles. The Kier molecular flexibility index (Phi) is 7.18. The number of hydrogen-bond donors (Lipinski definition) is 1. The standard InChI is InChI=1S/C21H29N3O3S/c1-13(2)10-23(6)21(27)17-12-24(14(3)4)11-16(19(17)25)20(26)22-15(5)18-8-7-9-28-18/h7-9,11-15H,10H2,1-6H3,(H,22,26). The van der Waals surface area contributed by atoms with Crippen LogP contribution in [0.3, 0.4) is 0 Å². The topological polar surface area (TPSA) is 71.4 Å². The average molecular weight is 404 g/mol. The molecule has 2 rings (SSSR count). The minimum absolute atomic E-state index is 0.00354. The van der Waals surface area contributed by atoms with E-state index in [2.05, 4.69) is 5.32 Å². The zero-order valence-corrected chi connectivity index (χ0v) is 18.2. The van der Waals surface area contributed by atoms with Crippen LogP contribution < -0.4 is 10.7 Å².